The lowest BCUT2D eigenvalue weighted by molar-refractivity contribution is 0.190. The first-order valence-corrected chi connectivity index (χ1v) is 7.22. The number of anilines is 1. The van der Waals surface area contributed by atoms with Crippen molar-refractivity contribution < 1.29 is 4.74 Å². The molecule has 0 aromatic carbocycles. The van der Waals surface area contributed by atoms with Gasteiger partial charge in [0.25, 0.3) is 0 Å². The fourth-order valence-corrected chi connectivity index (χ4v) is 2.77. The summed E-state index contributed by atoms with van der Waals surface area (Å²) in [7, 11) is 1.75. The van der Waals surface area contributed by atoms with Crippen molar-refractivity contribution in [3.05, 3.63) is 11.9 Å². The van der Waals surface area contributed by atoms with Gasteiger partial charge in [0.05, 0.1) is 5.69 Å². The van der Waals surface area contributed by atoms with E-state index >= 15 is 0 Å². The second-order valence-electron chi connectivity index (χ2n) is 5.41. The van der Waals surface area contributed by atoms with Gasteiger partial charge in [0.1, 0.15) is 0 Å². The second kappa shape index (κ2) is 6.91. The van der Waals surface area contributed by atoms with E-state index in [1.807, 2.05) is 0 Å². The monoisotopic (exact) mass is 266 g/mol. The number of piperidine rings is 1. The third kappa shape index (κ3) is 3.70. The molecule has 0 bridgehead atoms. The van der Waals surface area contributed by atoms with Crippen molar-refractivity contribution in [2.45, 2.75) is 32.7 Å². The van der Waals surface area contributed by atoms with Crippen molar-refractivity contribution in [2.24, 2.45) is 11.7 Å². The van der Waals surface area contributed by atoms with E-state index in [4.69, 9.17) is 10.5 Å². The molecule has 0 aliphatic carbocycles. The topological polar surface area (TPSA) is 56.3 Å². The lowest BCUT2D eigenvalue weighted by Crippen LogP contribution is -2.39. The summed E-state index contributed by atoms with van der Waals surface area (Å²) in [6.45, 7) is 6.73. The number of hydrogen-bond acceptors (Lipinski definition) is 4. The Kier molecular flexibility index (Phi) is 5.22. The smallest absolute Gasteiger partial charge is 0.205 e. The molecule has 1 atom stereocenters. The van der Waals surface area contributed by atoms with E-state index in [0.29, 0.717) is 5.92 Å². The average Bonchev–Trinajstić information content (AvgIpc) is 2.80. The molecular formula is C14H26N4O. The van der Waals surface area contributed by atoms with E-state index in [1.54, 1.807) is 7.11 Å². The molecule has 1 unspecified atom stereocenters. The number of aryl methyl sites for hydroxylation is 2. The van der Waals surface area contributed by atoms with E-state index in [9.17, 15) is 0 Å². The quantitative estimate of drug-likeness (QED) is 0.791. The molecule has 1 aliphatic rings. The first-order valence-electron chi connectivity index (χ1n) is 7.22. The highest BCUT2D eigenvalue weighted by Gasteiger charge is 2.22. The van der Waals surface area contributed by atoms with E-state index in [0.717, 1.165) is 50.8 Å². The summed E-state index contributed by atoms with van der Waals surface area (Å²) in [5, 5.41) is 0. The fourth-order valence-electron chi connectivity index (χ4n) is 2.77. The normalized spacial score (nSPS) is 19.9. The van der Waals surface area contributed by atoms with Gasteiger partial charge in [-0.05, 0) is 38.6 Å². The number of hydrogen-bond donors (Lipinski definition) is 1. The third-order valence-electron chi connectivity index (χ3n) is 3.76. The van der Waals surface area contributed by atoms with Gasteiger partial charge in [-0.1, -0.05) is 0 Å². The Hall–Kier alpha value is -1.07. The van der Waals surface area contributed by atoms with Crippen LogP contribution < -0.4 is 10.6 Å². The molecule has 1 aliphatic heterocycles. The highest BCUT2D eigenvalue weighted by atomic mass is 16.5. The van der Waals surface area contributed by atoms with Crippen LogP contribution in [0.15, 0.2) is 6.20 Å². The van der Waals surface area contributed by atoms with Crippen LogP contribution in [0.1, 0.15) is 25.0 Å². The summed E-state index contributed by atoms with van der Waals surface area (Å²) in [5.74, 6) is 1.71. The maximum Gasteiger partial charge on any atom is 0.205 e. The summed E-state index contributed by atoms with van der Waals surface area (Å²) in [6.07, 6.45) is 5.62. The van der Waals surface area contributed by atoms with Crippen LogP contribution in [0.3, 0.4) is 0 Å². The van der Waals surface area contributed by atoms with Gasteiger partial charge in [-0.25, -0.2) is 4.98 Å². The first-order chi connectivity index (χ1) is 9.24. The van der Waals surface area contributed by atoms with Crippen LogP contribution in [0.2, 0.25) is 0 Å². The predicted molar refractivity (Wildman–Crippen MR) is 77.4 cm³/mol. The van der Waals surface area contributed by atoms with Crippen LogP contribution in [-0.2, 0) is 11.3 Å². The van der Waals surface area contributed by atoms with Gasteiger partial charge >= 0.3 is 0 Å². The molecule has 19 heavy (non-hydrogen) atoms. The molecule has 1 fully saturated rings. The number of aromatic nitrogens is 2. The van der Waals surface area contributed by atoms with Crippen molar-refractivity contribution in [1.82, 2.24) is 9.55 Å². The summed E-state index contributed by atoms with van der Waals surface area (Å²) >= 11 is 0. The molecule has 1 aromatic heterocycles. The SMILES string of the molecule is COCCCn1cc(C)nc1N1CCCC(CN)C1. The van der Waals surface area contributed by atoms with Gasteiger partial charge in [-0.15, -0.1) is 0 Å². The Labute approximate surface area is 115 Å². The van der Waals surface area contributed by atoms with E-state index in [-0.39, 0.29) is 0 Å². The molecule has 5 heteroatoms. The molecular weight excluding hydrogens is 240 g/mol. The number of nitrogens with zero attached hydrogens (tertiary/aromatic N) is 3. The van der Waals surface area contributed by atoms with Crippen LogP contribution in [0.5, 0.6) is 0 Å². The van der Waals surface area contributed by atoms with Crippen molar-refractivity contribution in [1.29, 1.82) is 0 Å². The Morgan fingerprint density at radius 2 is 2.37 bits per heavy atom. The van der Waals surface area contributed by atoms with Gasteiger partial charge < -0.3 is 19.9 Å². The molecule has 1 saturated heterocycles. The largest absolute Gasteiger partial charge is 0.385 e. The van der Waals surface area contributed by atoms with Crippen molar-refractivity contribution >= 4 is 5.95 Å². The van der Waals surface area contributed by atoms with Crippen molar-refractivity contribution in [3.63, 3.8) is 0 Å². The van der Waals surface area contributed by atoms with Crippen LogP contribution in [0, 0.1) is 12.8 Å². The standard InChI is InChI=1S/C14H26N4O/c1-12-10-17(7-4-8-19-2)14(16-12)18-6-3-5-13(9-15)11-18/h10,13H,3-9,11,15H2,1-2H3. The summed E-state index contributed by atoms with van der Waals surface area (Å²) < 4.78 is 7.38. The number of imidazole rings is 1. The Morgan fingerprint density at radius 3 is 3.11 bits per heavy atom. The predicted octanol–water partition coefficient (Wildman–Crippen LogP) is 1.40. The first kappa shape index (κ1) is 14.3. The molecule has 0 amide bonds. The zero-order chi connectivity index (χ0) is 13.7. The molecule has 1 aromatic rings. The van der Waals surface area contributed by atoms with Gasteiger partial charge in [-0.3, -0.25) is 0 Å². The molecule has 5 nitrogen and oxygen atoms in total. The van der Waals surface area contributed by atoms with Crippen molar-refractivity contribution in [3.8, 4) is 0 Å². The highest BCUT2D eigenvalue weighted by molar-refractivity contribution is 5.34. The third-order valence-corrected chi connectivity index (χ3v) is 3.76. The van der Waals surface area contributed by atoms with Gasteiger partial charge in [-0.2, -0.15) is 0 Å². The van der Waals surface area contributed by atoms with Crippen molar-refractivity contribution in [2.75, 3.05) is 38.3 Å². The fraction of sp³-hybridized carbons (Fsp3) is 0.786. The van der Waals surface area contributed by atoms with E-state index in [1.165, 1.54) is 12.8 Å². The molecule has 2 N–H and O–H groups in total. The molecule has 108 valence electrons. The van der Waals surface area contributed by atoms with E-state index < -0.39 is 0 Å². The lowest BCUT2D eigenvalue weighted by Gasteiger charge is -2.33. The average molecular weight is 266 g/mol. The zero-order valence-corrected chi connectivity index (χ0v) is 12.1. The van der Waals surface area contributed by atoms with Gasteiger partial charge in [0.2, 0.25) is 5.95 Å². The lowest BCUT2D eigenvalue weighted by atomic mass is 9.99. The zero-order valence-electron chi connectivity index (χ0n) is 12.1. The number of ether oxygens (including phenoxy) is 1. The Morgan fingerprint density at radius 1 is 1.53 bits per heavy atom. The maximum absolute atomic E-state index is 5.81. The van der Waals surface area contributed by atoms with Gasteiger partial charge in [0, 0.05) is 39.5 Å². The minimum atomic E-state index is 0.609. The summed E-state index contributed by atoms with van der Waals surface area (Å²) in [6, 6.07) is 0. The van der Waals surface area contributed by atoms with Crippen LogP contribution in [-0.4, -0.2) is 42.9 Å². The molecule has 2 rings (SSSR count). The Balaban J connectivity index is 2.05. The van der Waals surface area contributed by atoms with Crippen LogP contribution in [0.25, 0.3) is 0 Å². The maximum atomic E-state index is 5.81. The van der Waals surface area contributed by atoms with E-state index in [2.05, 4.69) is 27.6 Å². The molecule has 0 spiro atoms. The number of methoxy groups -OCH3 is 1. The summed E-state index contributed by atoms with van der Waals surface area (Å²) in [4.78, 5) is 7.08. The molecule has 0 saturated carbocycles. The second-order valence-corrected chi connectivity index (χ2v) is 5.41. The highest BCUT2D eigenvalue weighted by Crippen LogP contribution is 2.22. The number of rotatable bonds is 6. The Bertz CT molecular complexity index is 391. The molecule has 0 radical (unpaired) electrons. The summed E-state index contributed by atoms with van der Waals surface area (Å²) in [5.41, 5.74) is 6.90. The van der Waals surface area contributed by atoms with Crippen LogP contribution in [0.4, 0.5) is 5.95 Å². The minimum absolute atomic E-state index is 0.609. The van der Waals surface area contributed by atoms with Gasteiger partial charge in [0.15, 0.2) is 0 Å². The molecule has 2 heterocycles. The minimum Gasteiger partial charge on any atom is -0.385 e. The van der Waals surface area contributed by atoms with Crippen LogP contribution >= 0.6 is 0 Å². The number of nitrogens with two attached hydrogens (primary N) is 1.